The normalized spacial score (nSPS) is 18.1. The smallest absolute Gasteiger partial charge is 0.116 e. The summed E-state index contributed by atoms with van der Waals surface area (Å²) in [5, 5.41) is 7.51. The van der Waals surface area contributed by atoms with Crippen LogP contribution in [0.15, 0.2) is 30.3 Å². The average molecular weight is 495 g/mol. The minimum Gasteiger partial charge on any atom is -0.380 e. The Morgan fingerprint density at radius 1 is 1.00 bits per heavy atom. The fraction of sp³-hybridized carbons (Fsp3) is 0.533. The SMILES string of the molecule is Cc1cc(-c2c([Si](C(C)C)(C(C)C)C(C)C)[nH]c3ccccc23)c(Cl)c2c1NC(C)(C)CC2C. The lowest BCUT2D eigenvalue weighted by Crippen LogP contribution is -2.57. The highest BCUT2D eigenvalue weighted by Gasteiger charge is 2.48. The molecule has 0 saturated heterocycles. The fourth-order valence-electron chi connectivity index (χ4n) is 7.50. The zero-order chi connectivity index (χ0) is 25.2. The second-order valence-corrected chi connectivity index (χ2v) is 18.5. The number of aryl methyl sites for hydroxylation is 1. The Morgan fingerprint density at radius 2 is 1.59 bits per heavy atom. The van der Waals surface area contributed by atoms with Crippen LogP contribution in [0.5, 0.6) is 0 Å². The highest BCUT2D eigenvalue weighted by Crippen LogP contribution is 2.50. The molecule has 184 valence electrons. The van der Waals surface area contributed by atoms with Crippen LogP contribution in [0.3, 0.4) is 0 Å². The van der Waals surface area contributed by atoms with Crippen LogP contribution in [0, 0.1) is 6.92 Å². The molecule has 0 amide bonds. The Kier molecular flexibility index (Phi) is 6.53. The van der Waals surface area contributed by atoms with Crippen molar-refractivity contribution in [3.8, 4) is 11.1 Å². The number of benzene rings is 2. The molecule has 0 radical (unpaired) electrons. The third-order valence-corrected chi connectivity index (χ3v) is 15.9. The molecule has 1 atom stereocenters. The molecular formula is C30H43ClN2Si. The molecule has 0 bridgehead atoms. The number of halogens is 1. The summed E-state index contributed by atoms with van der Waals surface area (Å²) in [4.78, 5) is 3.99. The summed E-state index contributed by atoms with van der Waals surface area (Å²) in [5.41, 5.74) is 9.50. The molecule has 2 heterocycles. The molecule has 1 aromatic heterocycles. The van der Waals surface area contributed by atoms with Crippen LogP contribution < -0.4 is 10.6 Å². The van der Waals surface area contributed by atoms with Gasteiger partial charge in [-0.2, -0.15) is 0 Å². The molecule has 4 rings (SSSR count). The molecule has 4 heteroatoms. The monoisotopic (exact) mass is 494 g/mol. The van der Waals surface area contributed by atoms with Crippen molar-refractivity contribution < 1.29 is 0 Å². The van der Waals surface area contributed by atoms with Crippen molar-refractivity contribution in [1.29, 1.82) is 0 Å². The molecule has 0 fully saturated rings. The van der Waals surface area contributed by atoms with Crippen molar-refractivity contribution in [3.63, 3.8) is 0 Å². The van der Waals surface area contributed by atoms with Crippen LogP contribution in [-0.2, 0) is 0 Å². The van der Waals surface area contributed by atoms with E-state index in [1.54, 1.807) is 0 Å². The number of hydrogen-bond donors (Lipinski definition) is 2. The Hall–Kier alpha value is -1.71. The van der Waals surface area contributed by atoms with Gasteiger partial charge < -0.3 is 10.3 Å². The summed E-state index contributed by atoms with van der Waals surface area (Å²) >= 11 is 7.40. The second kappa shape index (κ2) is 8.75. The number of aromatic amines is 1. The summed E-state index contributed by atoms with van der Waals surface area (Å²) in [6, 6.07) is 11.2. The van der Waals surface area contributed by atoms with Crippen molar-refractivity contribution in [2.24, 2.45) is 0 Å². The van der Waals surface area contributed by atoms with Crippen LogP contribution in [0.4, 0.5) is 5.69 Å². The van der Waals surface area contributed by atoms with Crippen molar-refractivity contribution in [2.75, 3.05) is 5.32 Å². The van der Waals surface area contributed by atoms with E-state index in [-0.39, 0.29) is 5.54 Å². The molecule has 34 heavy (non-hydrogen) atoms. The first-order valence-corrected chi connectivity index (χ1v) is 15.7. The molecule has 2 N–H and O–H groups in total. The molecule has 0 saturated carbocycles. The largest absolute Gasteiger partial charge is 0.380 e. The Balaban J connectivity index is 2.12. The molecule has 2 aromatic carbocycles. The molecule has 1 aliphatic heterocycles. The standard InChI is InChI=1S/C30H43ClN2Si/c1-17(2)34(18(3)4,19(5)6)29-26(22-13-11-12-14-24(22)32-29)23-15-20(7)28-25(27(23)31)21(8)16-30(9,10)33-28/h11-15,17-19,21,32-33H,16H2,1-10H3. The van der Waals surface area contributed by atoms with Gasteiger partial charge >= 0.3 is 0 Å². The van der Waals surface area contributed by atoms with Crippen LogP contribution in [0.2, 0.25) is 21.6 Å². The summed E-state index contributed by atoms with van der Waals surface area (Å²) in [5.74, 6) is 0.411. The minimum atomic E-state index is -1.96. The van der Waals surface area contributed by atoms with Crippen molar-refractivity contribution in [1.82, 2.24) is 4.98 Å². The number of aromatic nitrogens is 1. The molecule has 1 unspecified atom stereocenters. The van der Waals surface area contributed by atoms with Crippen LogP contribution in [-0.4, -0.2) is 18.6 Å². The summed E-state index contributed by atoms with van der Waals surface area (Å²) in [7, 11) is -1.96. The van der Waals surface area contributed by atoms with Gasteiger partial charge in [-0.05, 0) is 73.0 Å². The molecule has 0 spiro atoms. The minimum absolute atomic E-state index is 0.0724. The van der Waals surface area contributed by atoms with Gasteiger partial charge in [-0.25, -0.2) is 0 Å². The fourth-order valence-corrected chi connectivity index (χ4v) is 14.7. The highest BCUT2D eigenvalue weighted by atomic mass is 35.5. The van der Waals surface area contributed by atoms with Crippen molar-refractivity contribution in [2.45, 2.75) is 104 Å². The molecular weight excluding hydrogens is 452 g/mol. The van der Waals surface area contributed by atoms with E-state index in [2.05, 4.69) is 110 Å². The third kappa shape index (κ3) is 3.74. The number of hydrogen-bond acceptors (Lipinski definition) is 1. The molecule has 2 nitrogen and oxygen atoms in total. The summed E-state index contributed by atoms with van der Waals surface area (Å²) in [6.07, 6.45) is 1.08. The van der Waals surface area contributed by atoms with Gasteiger partial charge in [-0.1, -0.05) is 78.3 Å². The maximum atomic E-state index is 7.40. The Morgan fingerprint density at radius 3 is 2.18 bits per heavy atom. The number of anilines is 1. The molecule has 1 aliphatic rings. The first-order valence-electron chi connectivity index (χ1n) is 13.1. The number of fused-ring (bicyclic) bond motifs is 2. The summed E-state index contributed by atoms with van der Waals surface area (Å²) in [6.45, 7) is 23.8. The van der Waals surface area contributed by atoms with Gasteiger partial charge in [-0.3, -0.25) is 0 Å². The highest BCUT2D eigenvalue weighted by molar-refractivity contribution is 6.95. The predicted octanol–water partition coefficient (Wildman–Crippen LogP) is 9.38. The van der Waals surface area contributed by atoms with E-state index in [1.807, 2.05) is 0 Å². The zero-order valence-electron chi connectivity index (χ0n) is 22.8. The first kappa shape index (κ1) is 25.4. The number of para-hydroxylation sites is 1. The quantitative estimate of drug-likeness (QED) is 0.339. The van der Waals surface area contributed by atoms with Crippen molar-refractivity contribution in [3.05, 3.63) is 46.5 Å². The van der Waals surface area contributed by atoms with E-state index in [1.165, 1.54) is 44.2 Å². The summed E-state index contributed by atoms with van der Waals surface area (Å²) < 4.78 is 0. The average Bonchev–Trinajstić information content (AvgIpc) is 3.08. The van der Waals surface area contributed by atoms with E-state index in [9.17, 15) is 0 Å². The van der Waals surface area contributed by atoms with E-state index in [0.29, 0.717) is 22.5 Å². The topological polar surface area (TPSA) is 27.8 Å². The van der Waals surface area contributed by atoms with E-state index >= 15 is 0 Å². The number of rotatable bonds is 5. The van der Waals surface area contributed by atoms with Crippen LogP contribution >= 0.6 is 11.6 Å². The van der Waals surface area contributed by atoms with Crippen molar-refractivity contribution >= 4 is 41.6 Å². The Bertz CT molecular complexity index is 1200. The van der Waals surface area contributed by atoms with Gasteiger partial charge in [0, 0.05) is 38.6 Å². The molecule has 0 aliphatic carbocycles. The van der Waals surface area contributed by atoms with Gasteiger partial charge in [0.2, 0.25) is 0 Å². The zero-order valence-corrected chi connectivity index (χ0v) is 24.5. The Labute approximate surface area is 212 Å². The van der Waals surface area contributed by atoms with Crippen LogP contribution in [0.25, 0.3) is 22.0 Å². The molecule has 3 aromatic rings. The second-order valence-electron chi connectivity index (χ2n) is 12.3. The van der Waals surface area contributed by atoms with Gasteiger partial charge in [0.1, 0.15) is 8.07 Å². The third-order valence-electron chi connectivity index (χ3n) is 8.54. The van der Waals surface area contributed by atoms with E-state index in [0.717, 1.165) is 11.4 Å². The van der Waals surface area contributed by atoms with Crippen LogP contribution in [0.1, 0.15) is 85.8 Å². The van der Waals surface area contributed by atoms with E-state index in [4.69, 9.17) is 11.6 Å². The van der Waals surface area contributed by atoms with Gasteiger partial charge in [0.05, 0.1) is 5.02 Å². The lowest BCUT2D eigenvalue weighted by atomic mass is 9.79. The maximum absolute atomic E-state index is 7.40. The van der Waals surface area contributed by atoms with E-state index < -0.39 is 8.07 Å². The van der Waals surface area contributed by atoms with Gasteiger partial charge in [0.25, 0.3) is 0 Å². The van der Waals surface area contributed by atoms with Gasteiger partial charge in [-0.15, -0.1) is 0 Å². The lowest BCUT2D eigenvalue weighted by Gasteiger charge is -2.43. The number of nitrogens with one attached hydrogen (secondary N) is 2. The van der Waals surface area contributed by atoms with Gasteiger partial charge in [0.15, 0.2) is 0 Å². The maximum Gasteiger partial charge on any atom is 0.116 e. The number of H-pyrrole nitrogens is 1. The predicted molar refractivity (Wildman–Crippen MR) is 155 cm³/mol. The first-order chi connectivity index (χ1) is 15.8. The lowest BCUT2D eigenvalue weighted by molar-refractivity contribution is 0.454.